The minimum absolute atomic E-state index is 0. The molecule has 0 aliphatic carbocycles. The Labute approximate surface area is 125 Å². The lowest BCUT2D eigenvalue weighted by Gasteiger charge is -2.16. The number of hydrogen-bond acceptors (Lipinski definition) is 4. The van der Waals surface area contributed by atoms with Crippen LogP contribution in [0.5, 0.6) is 11.5 Å². The number of halogens is 1. The van der Waals surface area contributed by atoms with Gasteiger partial charge in [-0.1, -0.05) is 13.3 Å². The summed E-state index contributed by atoms with van der Waals surface area (Å²) in [5.74, 6) is 0.469. The van der Waals surface area contributed by atoms with Crippen molar-refractivity contribution in [2.45, 2.75) is 45.4 Å². The number of anilines is 1. The Morgan fingerprint density at radius 1 is 1.35 bits per heavy atom. The summed E-state index contributed by atoms with van der Waals surface area (Å²) in [5, 5.41) is 2.78. The van der Waals surface area contributed by atoms with Crippen LogP contribution in [-0.2, 0) is 4.79 Å². The molecular formula is C14H21ClN2O3. The van der Waals surface area contributed by atoms with Crippen LogP contribution >= 0.6 is 12.4 Å². The van der Waals surface area contributed by atoms with E-state index in [0.29, 0.717) is 23.6 Å². The first kappa shape index (κ1) is 16.6. The van der Waals surface area contributed by atoms with Crippen molar-refractivity contribution in [2.75, 3.05) is 5.32 Å². The number of carbonyl (C=O) groups excluding carboxylic acids is 1. The molecule has 1 amide bonds. The molecule has 1 heterocycles. The summed E-state index contributed by atoms with van der Waals surface area (Å²) in [6.07, 6.45) is 1.55. The van der Waals surface area contributed by atoms with Crippen LogP contribution in [0.15, 0.2) is 18.2 Å². The van der Waals surface area contributed by atoms with Crippen LogP contribution in [0.3, 0.4) is 0 Å². The Kier molecular flexibility index (Phi) is 5.25. The van der Waals surface area contributed by atoms with Crippen LogP contribution in [0.25, 0.3) is 0 Å². The minimum atomic E-state index is -0.663. The monoisotopic (exact) mass is 300 g/mol. The SMILES string of the molecule is CCCC(N)C(=O)Nc1ccc2c(c1)OC(C)(C)O2.Cl. The van der Waals surface area contributed by atoms with E-state index >= 15 is 0 Å². The molecule has 0 saturated heterocycles. The van der Waals surface area contributed by atoms with E-state index < -0.39 is 11.8 Å². The van der Waals surface area contributed by atoms with Crippen LogP contribution in [0.1, 0.15) is 33.6 Å². The highest BCUT2D eigenvalue weighted by atomic mass is 35.5. The average Bonchev–Trinajstić information content (AvgIpc) is 2.62. The molecule has 0 saturated carbocycles. The zero-order valence-electron chi connectivity index (χ0n) is 11.9. The third-order valence-corrected chi connectivity index (χ3v) is 2.86. The average molecular weight is 301 g/mol. The molecule has 0 aromatic heterocycles. The van der Waals surface area contributed by atoms with Gasteiger partial charge in [-0.05, 0) is 18.6 Å². The summed E-state index contributed by atoms with van der Waals surface area (Å²) >= 11 is 0. The number of hydrogen-bond donors (Lipinski definition) is 2. The van der Waals surface area contributed by atoms with E-state index in [4.69, 9.17) is 15.2 Å². The fourth-order valence-corrected chi connectivity index (χ4v) is 1.98. The summed E-state index contributed by atoms with van der Waals surface area (Å²) in [5.41, 5.74) is 6.43. The quantitative estimate of drug-likeness (QED) is 0.896. The molecule has 0 spiro atoms. The summed E-state index contributed by atoms with van der Waals surface area (Å²) in [7, 11) is 0. The summed E-state index contributed by atoms with van der Waals surface area (Å²) in [6, 6.07) is 4.83. The highest BCUT2D eigenvalue weighted by Crippen LogP contribution is 2.40. The van der Waals surface area contributed by atoms with Gasteiger partial charge in [-0.2, -0.15) is 0 Å². The highest BCUT2D eigenvalue weighted by molar-refractivity contribution is 5.94. The first-order chi connectivity index (χ1) is 8.91. The smallest absolute Gasteiger partial charge is 0.246 e. The molecule has 1 unspecified atom stereocenters. The molecule has 0 radical (unpaired) electrons. The Balaban J connectivity index is 0.00000200. The van der Waals surface area contributed by atoms with Crippen molar-refractivity contribution in [3.8, 4) is 11.5 Å². The number of fused-ring (bicyclic) bond motifs is 1. The fourth-order valence-electron chi connectivity index (χ4n) is 1.98. The van der Waals surface area contributed by atoms with Gasteiger partial charge in [0.15, 0.2) is 11.5 Å². The van der Waals surface area contributed by atoms with E-state index in [1.54, 1.807) is 18.2 Å². The lowest BCUT2D eigenvalue weighted by Crippen LogP contribution is -2.35. The first-order valence-electron chi connectivity index (χ1n) is 6.50. The Morgan fingerprint density at radius 2 is 2.00 bits per heavy atom. The second-order valence-corrected chi connectivity index (χ2v) is 5.15. The minimum Gasteiger partial charge on any atom is -0.449 e. The maximum Gasteiger partial charge on any atom is 0.246 e. The molecular weight excluding hydrogens is 280 g/mol. The van der Waals surface area contributed by atoms with Gasteiger partial charge in [0.05, 0.1) is 6.04 Å². The van der Waals surface area contributed by atoms with E-state index in [9.17, 15) is 4.79 Å². The molecule has 1 atom stereocenters. The number of nitrogens with one attached hydrogen (secondary N) is 1. The zero-order valence-corrected chi connectivity index (χ0v) is 12.8. The summed E-state index contributed by atoms with van der Waals surface area (Å²) in [6.45, 7) is 5.67. The Morgan fingerprint density at radius 3 is 2.65 bits per heavy atom. The van der Waals surface area contributed by atoms with Gasteiger partial charge in [0.2, 0.25) is 11.7 Å². The van der Waals surface area contributed by atoms with Gasteiger partial charge in [0, 0.05) is 25.6 Å². The zero-order chi connectivity index (χ0) is 14.0. The molecule has 6 heteroatoms. The van der Waals surface area contributed by atoms with E-state index in [-0.39, 0.29) is 18.3 Å². The van der Waals surface area contributed by atoms with Crippen molar-refractivity contribution in [1.29, 1.82) is 0 Å². The third-order valence-electron chi connectivity index (χ3n) is 2.86. The van der Waals surface area contributed by atoms with Crippen LogP contribution in [0.2, 0.25) is 0 Å². The lowest BCUT2D eigenvalue weighted by molar-refractivity contribution is -0.117. The standard InChI is InChI=1S/C14H20N2O3.ClH/c1-4-5-10(15)13(17)16-9-6-7-11-12(8-9)19-14(2,3)18-11;/h6-8,10H,4-5,15H2,1-3H3,(H,16,17);1H. The highest BCUT2D eigenvalue weighted by Gasteiger charge is 2.31. The van der Waals surface area contributed by atoms with Gasteiger partial charge in [0.1, 0.15) is 0 Å². The molecule has 2 rings (SSSR count). The first-order valence-corrected chi connectivity index (χ1v) is 6.50. The molecule has 1 aromatic rings. The molecule has 0 fully saturated rings. The fraction of sp³-hybridized carbons (Fsp3) is 0.500. The predicted octanol–water partition coefficient (Wildman–Crippen LogP) is 2.68. The van der Waals surface area contributed by atoms with Gasteiger partial charge in [-0.3, -0.25) is 4.79 Å². The van der Waals surface area contributed by atoms with E-state index in [0.717, 1.165) is 6.42 Å². The molecule has 0 bridgehead atoms. The number of ether oxygens (including phenoxy) is 2. The van der Waals surface area contributed by atoms with Crippen molar-refractivity contribution in [3.05, 3.63) is 18.2 Å². The van der Waals surface area contributed by atoms with Crippen LogP contribution in [-0.4, -0.2) is 17.7 Å². The number of amides is 1. The molecule has 20 heavy (non-hydrogen) atoms. The van der Waals surface area contributed by atoms with E-state index in [2.05, 4.69) is 5.32 Å². The largest absolute Gasteiger partial charge is 0.449 e. The molecule has 1 aliphatic rings. The number of nitrogens with two attached hydrogens (primary N) is 1. The predicted molar refractivity (Wildman–Crippen MR) is 80.5 cm³/mol. The second-order valence-electron chi connectivity index (χ2n) is 5.15. The summed E-state index contributed by atoms with van der Waals surface area (Å²) in [4.78, 5) is 11.8. The summed E-state index contributed by atoms with van der Waals surface area (Å²) < 4.78 is 11.2. The molecule has 5 nitrogen and oxygen atoms in total. The lowest BCUT2D eigenvalue weighted by atomic mass is 10.1. The number of benzene rings is 1. The van der Waals surface area contributed by atoms with Gasteiger partial charge in [0.25, 0.3) is 0 Å². The van der Waals surface area contributed by atoms with Crippen molar-refractivity contribution in [2.24, 2.45) is 5.73 Å². The number of carbonyl (C=O) groups is 1. The maximum atomic E-state index is 11.8. The maximum absolute atomic E-state index is 11.8. The van der Waals surface area contributed by atoms with E-state index in [1.165, 1.54) is 0 Å². The van der Waals surface area contributed by atoms with Crippen molar-refractivity contribution >= 4 is 24.0 Å². The molecule has 1 aliphatic heterocycles. The van der Waals surface area contributed by atoms with Gasteiger partial charge in [-0.25, -0.2) is 0 Å². The van der Waals surface area contributed by atoms with Gasteiger partial charge in [-0.15, -0.1) is 12.4 Å². The van der Waals surface area contributed by atoms with Crippen molar-refractivity contribution < 1.29 is 14.3 Å². The number of rotatable bonds is 4. The van der Waals surface area contributed by atoms with Gasteiger partial charge >= 0.3 is 0 Å². The van der Waals surface area contributed by atoms with Gasteiger partial charge < -0.3 is 20.5 Å². The second kappa shape index (κ2) is 6.33. The third kappa shape index (κ3) is 3.77. The van der Waals surface area contributed by atoms with E-state index in [1.807, 2.05) is 20.8 Å². The molecule has 112 valence electrons. The van der Waals surface area contributed by atoms with Crippen LogP contribution < -0.4 is 20.5 Å². The Bertz CT molecular complexity index is 491. The normalized spacial score (nSPS) is 16.2. The van der Waals surface area contributed by atoms with Crippen molar-refractivity contribution in [3.63, 3.8) is 0 Å². The van der Waals surface area contributed by atoms with Crippen molar-refractivity contribution in [1.82, 2.24) is 0 Å². The molecule has 1 aromatic carbocycles. The molecule has 3 N–H and O–H groups in total. The van der Waals surface area contributed by atoms with Crippen LogP contribution in [0.4, 0.5) is 5.69 Å². The van der Waals surface area contributed by atoms with Crippen LogP contribution in [0, 0.1) is 0 Å². The Hall–Kier alpha value is -1.46. The topological polar surface area (TPSA) is 73.6 Å².